The third kappa shape index (κ3) is 7.05. The van der Waals surface area contributed by atoms with Crippen molar-refractivity contribution in [2.24, 2.45) is 10.9 Å². The van der Waals surface area contributed by atoms with Gasteiger partial charge < -0.3 is 5.11 Å². The summed E-state index contributed by atoms with van der Waals surface area (Å²) in [6.07, 6.45) is 19.5. The molecule has 172 valence electrons. The van der Waals surface area contributed by atoms with E-state index in [-0.39, 0.29) is 28.3 Å². The lowest BCUT2D eigenvalue weighted by atomic mass is 9.85. The SMILES string of the molecule is CC1CCCCC1N=Cc1cc([N+](=O)[O-])cc(C2CCCCCCCCCCC2)c1O. The van der Waals surface area contributed by atoms with Gasteiger partial charge in [0.05, 0.1) is 11.0 Å². The highest BCUT2D eigenvalue weighted by atomic mass is 16.6. The average molecular weight is 429 g/mol. The minimum Gasteiger partial charge on any atom is -0.507 e. The second-order valence-corrected chi connectivity index (χ2v) is 9.79. The molecule has 1 aromatic carbocycles. The Morgan fingerprint density at radius 2 is 1.45 bits per heavy atom. The first kappa shape index (κ1) is 23.7. The van der Waals surface area contributed by atoms with Crippen LogP contribution in [0.2, 0.25) is 0 Å². The first-order valence-electron chi connectivity index (χ1n) is 12.6. The van der Waals surface area contributed by atoms with E-state index in [4.69, 9.17) is 4.99 Å². The first-order chi connectivity index (χ1) is 15.1. The van der Waals surface area contributed by atoms with Gasteiger partial charge in [-0.05, 0) is 37.5 Å². The summed E-state index contributed by atoms with van der Waals surface area (Å²) >= 11 is 0. The van der Waals surface area contributed by atoms with E-state index in [1.165, 1.54) is 70.3 Å². The predicted molar refractivity (Wildman–Crippen MR) is 127 cm³/mol. The van der Waals surface area contributed by atoms with Crippen molar-refractivity contribution in [3.05, 3.63) is 33.4 Å². The highest BCUT2D eigenvalue weighted by molar-refractivity contribution is 5.85. The maximum atomic E-state index is 11.6. The Bertz CT molecular complexity index is 734. The molecule has 5 nitrogen and oxygen atoms in total. The van der Waals surface area contributed by atoms with Gasteiger partial charge in [-0.2, -0.15) is 0 Å². The van der Waals surface area contributed by atoms with E-state index in [1.54, 1.807) is 12.3 Å². The number of hydrogen-bond donors (Lipinski definition) is 1. The lowest BCUT2D eigenvalue weighted by Crippen LogP contribution is -2.20. The van der Waals surface area contributed by atoms with Crippen molar-refractivity contribution >= 4 is 11.9 Å². The van der Waals surface area contributed by atoms with Crippen molar-refractivity contribution in [3.8, 4) is 5.75 Å². The fraction of sp³-hybridized carbons (Fsp3) is 0.731. The van der Waals surface area contributed by atoms with Crippen molar-refractivity contribution in [1.82, 2.24) is 0 Å². The van der Waals surface area contributed by atoms with Crippen molar-refractivity contribution in [3.63, 3.8) is 0 Å². The molecule has 0 amide bonds. The summed E-state index contributed by atoms with van der Waals surface area (Å²) in [4.78, 5) is 16.1. The maximum absolute atomic E-state index is 11.6. The van der Waals surface area contributed by atoms with Crippen molar-refractivity contribution < 1.29 is 10.0 Å². The Morgan fingerprint density at radius 1 is 0.903 bits per heavy atom. The Kier molecular flexibility index (Phi) is 9.35. The number of non-ortho nitro benzene ring substituents is 1. The molecule has 0 bridgehead atoms. The topological polar surface area (TPSA) is 75.7 Å². The summed E-state index contributed by atoms with van der Waals surface area (Å²) in [7, 11) is 0. The highest BCUT2D eigenvalue weighted by Gasteiger charge is 2.23. The molecule has 2 aliphatic carbocycles. The van der Waals surface area contributed by atoms with Gasteiger partial charge in [0.1, 0.15) is 5.75 Å². The third-order valence-electron chi connectivity index (χ3n) is 7.38. The van der Waals surface area contributed by atoms with E-state index in [9.17, 15) is 15.2 Å². The van der Waals surface area contributed by atoms with Gasteiger partial charge in [-0.25, -0.2) is 0 Å². The van der Waals surface area contributed by atoms with Crippen LogP contribution in [0.4, 0.5) is 5.69 Å². The quantitative estimate of drug-likeness (QED) is 0.303. The zero-order valence-electron chi connectivity index (χ0n) is 19.2. The smallest absolute Gasteiger partial charge is 0.270 e. The molecule has 0 aromatic heterocycles. The Labute approximate surface area is 187 Å². The summed E-state index contributed by atoms with van der Waals surface area (Å²) in [5.74, 6) is 0.909. The number of benzene rings is 1. The molecule has 1 N–H and O–H groups in total. The molecule has 0 saturated heterocycles. The van der Waals surface area contributed by atoms with Gasteiger partial charge in [0.2, 0.25) is 0 Å². The number of aliphatic imine (C=N–C) groups is 1. The fourth-order valence-electron chi connectivity index (χ4n) is 5.35. The summed E-state index contributed by atoms with van der Waals surface area (Å²) in [6, 6.07) is 3.36. The molecule has 2 fully saturated rings. The van der Waals surface area contributed by atoms with Crippen LogP contribution in [0.3, 0.4) is 0 Å². The summed E-state index contributed by atoms with van der Waals surface area (Å²) in [6.45, 7) is 2.23. The molecule has 2 saturated carbocycles. The van der Waals surface area contributed by atoms with E-state index in [1.807, 2.05) is 0 Å². The van der Waals surface area contributed by atoms with Crippen molar-refractivity contribution in [2.45, 2.75) is 115 Å². The van der Waals surface area contributed by atoms with E-state index >= 15 is 0 Å². The van der Waals surface area contributed by atoms with Crippen LogP contribution in [-0.2, 0) is 0 Å². The summed E-state index contributed by atoms with van der Waals surface area (Å²) < 4.78 is 0. The van der Waals surface area contributed by atoms with Crippen LogP contribution in [-0.4, -0.2) is 22.3 Å². The van der Waals surface area contributed by atoms with Gasteiger partial charge in [-0.1, -0.05) is 77.6 Å². The lowest BCUT2D eigenvalue weighted by Gasteiger charge is -2.25. The number of aromatic hydroxyl groups is 1. The van der Waals surface area contributed by atoms with Crippen molar-refractivity contribution in [2.75, 3.05) is 0 Å². The number of hydrogen-bond acceptors (Lipinski definition) is 4. The van der Waals surface area contributed by atoms with Crippen LogP contribution >= 0.6 is 0 Å². The summed E-state index contributed by atoms with van der Waals surface area (Å²) in [5, 5.41) is 22.8. The molecule has 2 aliphatic rings. The largest absolute Gasteiger partial charge is 0.507 e. The van der Waals surface area contributed by atoms with Gasteiger partial charge in [0.15, 0.2) is 0 Å². The number of nitrogens with zero attached hydrogens (tertiary/aromatic N) is 2. The predicted octanol–water partition coefficient (Wildman–Crippen LogP) is 7.69. The number of nitro groups is 1. The minimum atomic E-state index is -0.334. The van der Waals surface area contributed by atoms with Crippen LogP contribution in [0, 0.1) is 16.0 Å². The molecule has 0 radical (unpaired) electrons. The third-order valence-corrected chi connectivity index (χ3v) is 7.38. The standard InChI is InChI=1S/C26H40N2O3/c1-20-13-11-12-16-25(20)27-19-22-17-23(28(30)31)18-24(26(22)29)21-14-9-7-5-3-2-4-6-8-10-15-21/h17-21,25,29H,2-16H2,1H3. The molecule has 3 rings (SSSR count). The van der Waals surface area contributed by atoms with Crippen LogP contribution in [0.25, 0.3) is 0 Å². The Morgan fingerprint density at radius 3 is 2.03 bits per heavy atom. The number of phenolic OH excluding ortho intramolecular Hbond substituents is 1. The van der Waals surface area contributed by atoms with E-state index in [0.29, 0.717) is 11.5 Å². The van der Waals surface area contributed by atoms with Crippen LogP contribution in [0.15, 0.2) is 17.1 Å². The Balaban J connectivity index is 1.85. The molecule has 2 unspecified atom stereocenters. The number of rotatable bonds is 4. The zero-order chi connectivity index (χ0) is 22.1. The second-order valence-electron chi connectivity index (χ2n) is 9.79. The van der Waals surface area contributed by atoms with Gasteiger partial charge in [-0.15, -0.1) is 0 Å². The maximum Gasteiger partial charge on any atom is 0.270 e. The first-order valence-corrected chi connectivity index (χ1v) is 12.6. The fourth-order valence-corrected chi connectivity index (χ4v) is 5.35. The van der Waals surface area contributed by atoms with Gasteiger partial charge in [0, 0.05) is 29.5 Å². The number of phenols is 1. The van der Waals surface area contributed by atoms with Gasteiger partial charge in [-0.3, -0.25) is 15.1 Å². The average Bonchev–Trinajstić information content (AvgIpc) is 2.74. The molecule has 2 atom stereocenters. The molecule has 1 aromatic rings. The monoisotopic (exact) mass is 428 g/mol. The molecule has 5 heteroatoms. The van der Waals surface area contributed by atoms with Gasteiger partial charge >= 0.3 is 0 Å². The lowest BCUT2D eigenvalue weighted by molar-refractivity contribution is -0.385. The minimum absolute atomic E-state index is 0.0667. The molecule has 31 heavy (non-hydrogen) atoms. The highest BCUT2D eigenvalue weighted by Crippen LogP contribution is 2.39. The van der Waals surface area contributed by atoms with Gasteiger partial charge in [0.25, 0.3) is 5.69 Å². The van der Waals surface area contributed by atoms with Crippen LogP contribution < -0.4 is 0 Å². The molecule has 0 heterocycles. The molecular weight excluding hydrogens is 388 g/mol. The van der Waals surface area contributed by atoms with Crippen molar-refractivity contribution in [1.29, 1.82) is 0 Å². The summed E-state index contributed by atoms with van der Waals surface area (Å²) in [5.41, 5.74) is 1.33. The van der Waals surface area contributed by atoms with Crippen LogP contribution in [0.1, 0.15) is 120 Å². The second kappa shape index (κ2) is 12.2. The van der Waals surface area contributed by atoms with E-state index < -0.39 is 0 Å². The number of nitro benzene ring substituents is 1. The Hall–Kier alpha value is -1.91. The van der Waals surface area contributed by atoms with E-state index in [0.717, 1.165) is 37.7 Å². The zero-order valence-corrected chi connectivity index (χ0v) is 19.2. The van der Waals surface area contributed by atoms with E-state index in [2.05, 4.69) is 6.92 Å². The normalized spacial score (nSPS) is 25.1. The molecule has 0 spiro atoms. The van der Waals surface area contributed by atoms with Crippen LogP contribution in [0.5, 0.6) is 5.75 Å². The molecule has 0 aliphatic heterocycles. The molecular formula is C26H40N2O3.